The summed E-state index contributed by atoms with van der Waals surface area (Å²) in [4.78, 5) is 2.24. The summed E-state index contributed by atoms with van der Waals surface area (Å²) in [6.07, 6.45) is 2.26. The average Bonchev–Trinajstić information content (AvgIpc) is 2.48. The molecular formula is C17H27FN2O. The van der Waals surface area contributed by atoms with E-state index in [0.29, 0.717) is 0 Å². The van der Waals surface area contributed by atoms with E-state index >= 15 is 0 Å². The molecule has 1 fully saturated rings. The van der Waals surface area contributed by atoms with Gasteiger partial charge in [0.25, 0.3) is 0 Å². The quantitative estimate of drug-likeness (QED) is 0.873. The molecular weight excluding hydrogens is 267 g/mol. The summed E-state index contributed by atoms with van der Waals surface area (Å²) in [6, 6.07) is 7.10. The van der Waals surface area contributed by atoms with Gasteiger partial charge in [0, 0.05) is 36.7 Å². The van der Waals surface area contributed by atoms with Crippen molar-refractivity contribution in [1.82, 2.24) is 10.2 Å². The molecule has 0 spiro atoms. The van der Waals surface area contributed by atoms with Crippen molar-refractivity contribution in [2.24, 2.45) is 5.41 Å². The minimum Gasteiger partial charge on any atom is -0.381 e. The molecule has 3 nitrogen and oxygen atoms in total. The van der Waals surface area contributed by atoms with E-state index < -0.39 is 0 Å². The number of hydrogen-bond donors (Lipinski definition) is 1. The maximum Gasteiger partial charge on any atom is 0.127 e. The van der Waals surface area contributed by atoms with Gasteiger partial charge in [0.2, 0.25) is 0 Å². The highest BCUT2D eigenvalue weighted by Crippen LogP contribution is 2.32. The van der Waals surface area contributed by atoms with Crippen LogP contribution in [0.5, 0.6) is 0 Å². The number of nitrogens with zero attached hydrogens (tertiary/aromatic N) is 1. The van der Waals surface area contributed by atoms with Gasteiger partial charge in [-0.1, -0.05) is 18.2 Å². The molecule has 2 rings (SSSR count). The van der Waals surface area contributed by atoms with E-state index in [9.17, 15) is 4.39 Å². The van der Waals surface area contributed by atoms with Gasteiger partial charge < -0.3 is 10.1 Å². The molecule has 0 radical (unpaired) electrons. The lowest BCUT2D eigenvalue weighted by Crippen LogP contribution is -2.48. The number of nitrogens with one attached hydrogen (secondary N) is 1. The molecule has 2 atom stereocenters. The molecule has 0 saturated carbocycles. The average molecular weight is 294 g/mol. The first-order valence-electron chi connectivity index (χ1n) is 7.75. The lowest BCUT2D eigenvalue weighted by Gasteiger charge is -2.41. The van der Waals surface area contributed by atoms with Crippen LogP contribution in [0.15, 0.2) is 24.3 Å². The lowest BCUT2D eigenvalue weighted by molar-refractivity contribution is -0.0268. The highest BCUT2D eigenvalue weighted by atomic mass is 19.1. The normalized spacial score (nSPS) is 24.2. The fourth-order valence-corrected chi connectivity index (χ4v) is 3.32. The Morgan fingerprint density at radius 3 is 2.81 bits per heavy atom. The van der Waals surface area contributed by atoms with Crippen LogP contribution in [0.1, 0.15) is 31.4 Å². The fraction of sp³-hybridized carbons (Fsp3) is 0.647. The van der Waals surface area contributed by atoms with Gasteiger partial charge in [0.1, 0.15) is 5.82 Å². The van der Waals surface area contributed by atoms with Crippen LogP contribution in [0.4, 0.5) is 4.39 Å². The van der Waals surface area contributed by atoms with Crippen molar-refractivity contribution >= 4 is 0 Å². The number of ether oxygens (including phenoxy) is 1. The Balaban J connectivity index is 2.08. The van der Waals surface area contributed by atoms with Gasteiger partial charge in [0.15, 0.2) is 0 Å². The van der Waals surface area contributed by atoms with Gasteiger partial charge in [-0.3, -0.25) is 4.90 Å². The number of halogens is 1. The van der Waals surface area contributed by atoms with Gasteiger partial charge in [-0.2, -0.15) is 0 Å². The number of hydrogen-bond acceptors (Lipinski definition) is 3. The molecule has 21 heavy (non-hydrogen) atoms. The summed E-state index contributed by atoms with van der Waals surface area (Å²) >= 11 is 0. The molecule has 0 aromatic heterocycles. The van der Waals surface area contributed by atoms with E-state index in [1.165, 1.54) is 6.07 Å². The Labute approximate surface area is 127 Å². The smallest absolute Gasteiger partial charge is 0.127 e. The van der Waals surface area contributed by atoms with Crippen molar-refractivity contribution in [2.45, 2.75) is 25.8 Å². The predicted molar refractivity (Wildman–Crippen MR) is 83.9 cm³/mol. The zero-order valence-electron chi connectivity index (χ0n) is 13.4. The van der Waals surface area contributed by atoms with Crippen LogP contribution in [-0.4, -0.2) is 45.3 Å². The monoisotopic (exact) mass is 294 g/mol. The van der Waals surface area contributed by atoms with Crippen molar-refractivity contribution in [3.8, 4) is 0 Å². The summed E-state index contributed by atoms with van der Waals surface area (Å²) in [7, 11) is 4.06. The van der Waals surface area contributed by atoms with E-state index in [1.54, 1.807) is 6.07 Å². The molecule has 2 unspecified atom stereocenters. The van der Waals surface area contributed by atoms with Crippen LogP contribution >= 0.6 is 0 Å². The molecule has 1 aromatic carbocycles. The van der Waals surface area contributed by atoms with Gasteiger partial charge in [-0.05, 0) is 39.9 Å². The van der Waals surface area contributed by atoms with Crippen LogP contribution in [0.3, 0.4) is 0 Å². The summed E-state index contributed by atoms with van der Waals surface area (Å²) in [6.45, 7) is 5.54. The SMILES string of the molecule is CNCC1(CN(C)C(C)c2ccccc2F)CCCOC1. The van der Waals surface area contributed by atoms with Crippen molar-refractivity contribution in [3.63, 3.8) is 0 Å². The van der Waals surface area contributed by atoms with Gasteiger partial charge in [-0.25, -0.2) is 4.39 Å². The third-order valence-corrected chi connectivity index (χ3v) is 4.56. The first kappa shape index (κ1) is 16.4. The van der Waals surface area contributed by atoms with E-state index in [4.69, 9.17) is 4.74 Å². The maximum absolute atomic E-state index is 14.0. The van der Waals surface area contributed by atoms with Crippen LogP contribution in [0.25, 0.3) is 0 Å². The van der Waals surface area contributed by atoms with Crippen molar-refractivity contribution < 1.29 is 9.13 Å². The Morgan fingerprint density at radius 1 is 1.43 bits per heavy atom. The first-order chi connectivity index (χ1) is 10.1. The molecule has 0 bridgehead atoms. The highest BCUT2D eigenvalue weighted by Gasteiger charge is 2.34. The molecule has 0 aliphatic carbocycles. The zero-order chi connectivity index (χ0) is 15.3. The van der Waals surface area contributed by atoms with Crippen LogP contribution < -0.4 is 5.32 Å². The lowest BCUT2D eigenvalue weighted by atomic mass is 9.81. The minimum atomic E-state index is -0.126. The molecule has 1 heterocycles. The minimum absolute atomic E-state index is 0.0573. The Hall–Kier alpha value is -0.970. The second-order valence-corrected chi connectivity index (χ2v) is 6.30. The van der Waals surface area contributed by atoms with Gasteiger partial charge >= 0.3 is 0 Å². The largest absolute Gasteiger partial charge is 0.381 e. The second-order valence-electron chi connectivity index (χ2n) is 6.30. The molecule has 1 saturated heterocycles. The third-order valence-electron chi connectivity index (χ3n) is 4.56. The van der Waals surface area contributed by atoms with Gasteiger partial charge in [-0.15, -0.1) is 0 Å². The van der Waals surface area contributed by atoms with E-state index in [2.05, 4.69) is 24.2 Å². The van der Waals surface area contributed by atoms with Crippen LogP contribution in [0, 0.1) is 11.2 Å². The number of rotatable bonds is 6. The molecule has 1 aromatic rings. The van der Waals surface area contributed by atoms with E-state index in [1.807, 2.05) is 19.2 Å². The standard InChI is InChI=1S/C17H27FN2O/c1-14(15-7-4-5-8-16(15)18)20(3)12-17(11-19-2)9-6-10-21-13-17/h4-5,7-8,14,19H,6,9-13H2,1-3H3. The number of benzene rings is 1. The second kappa shape index (κ2) is 7.34. The van der Waals surface area contributed by atoms with Crippen molar-refractivity contribution in [2.75, 3.05) is 40.4 Å². The Bertz CT molecular complexity index is 441. The Kier molecular flexibility index (Phi) is 5.73. The molecule has 1 aliphatic rings. The van der Waals surface area contributed by atoms with Crippen LogP contribution in [0.2, 0.25) is 0 Å². The van der Waals surface area contributed by atoms with Crippen LogP contribution in [-0.2, 0) is 4.74 Å². The predicted octanol–water partition coefficient (Wildman–Crippen LogP) is 2.83. The zero-order valence-corrected chi connectivity index (χ0v) is 13.4. The molecule has 1 N–H and O–H groups in total. The van der Waals surface area contributed by atoms with E-state index in [0.717, 1.165) is 44.7 Å². The first-order valence-corrected chi connectivity index (χ1v) is 7.75. The topological polar surface area (TPSA) is 24.5 Å². The van der Waals surface area contributed by atoms with Crippen molar-refractivity contribution in [1.29, 1.82) is 0 Å². The third kappa shape index (κ3) is 4.02. The molecule has 0 amide bonds. The van der Waals surface area contributed by atoms with E-state index in [-0.39, 0.29) is 17.3 Å². The summed E-state index contributed by atoms with van der Waals surface area (Å²) in [5, 5.41) is 3.29. The molecule has 4 heteroatoms. The maximum atomic E-state index is 14.0. The van der Waals surface area contributed by atoms with Gasteiger partial charge in [0.05, 0.1) is 6.61 Å². The highest BCUT2D eigenvalue weighted by molar-refractivity contribution is 5.20. The molecule has 118 valence electrons. The Morgan fingerprint density at radius 2 is 2.19 bits per heavy atom. The summed E-state index contributed by atoms with van der Waals surface area (Å²) < 4.78 is 19.7. The van der Waals surface area contributed by atoms with Crippen molar-refractivity contribution in [3.05, 3.63) is 35.6 Å². The summed E-state index contributed by atoms with van der Waals surface area (Å²) in [5.41, 5.74) is 0.887. The molecule has 1 aliphatic heterocycles. The fourth-order valence-electron chi connectivity index (χ4n) is 3.32. The summed E-state index contributed by atoms with van der Waals surface area (Å²) in [5.74, 6) is -0.126.